The second-order valence-corrected chi connectivity index (χ2v) is 10.0. The number of rotatable bonds is 5. The minimum atomic E-state index is -3.71. The number of anilines is 1. The smallest absolute Gasteiger partial charge is 0.290 e. The van der Waals surface area contributed by atoms with Crippen molar-refractivity contribution in [1.29, 1.82) is 0 Å². The van der Waals surface area contributed by atoms with E-state index in [-0.39, 0.29) is 49.0 Å². The molecule has 5 rings (SSSR count). The maximum atomic E-state index is 14.5. The number of nitrogens with two attached hydrogens (primary N) is 1. The van der Waals surface area contributed by atoms with Gasteiger partial charge in [0.25, 0.3) is 12.3 Å². The normalized spacial score (nSPS) is 23.6. The van der Waals surface area contributed by atoms with Crippen molar-refractivity contribution in [2.45, 2.75) is 43.6 Å². The molecule has 1 aliphatic carbocycles. The van der Waals surface area contributed by atoms with Gasteiger partial charge in [-0.1, -0.05) is 12.1 Å². The van der Waals surface area contributed by atoms with Gasteiger partial charge in [-0.2, -0.15) is 8.78 Å². The van der Waals surface area contributed by atoms with Crippen molar-refractivity contribution in [3.63, 3.8) is 0 Å². The van der Waals surface area contributed by atoms with Gasteiger partial charge in [0.2, 0.25) is 16.0 Å². The van der Waals surface area contributed by atoms with E-state index in [2.05, 4.69) is 9.97 Å². The average Bonchev–Trinajstić information content (AvgIpc) is 3.19. The first-order valence-electron chi connectivity index (χ1n) is 10.1. The number of nitrogens with zero attached hydrogens (tertiary/aromatic N) is 3. The van der Waals surface area contributed by atoms with E-state index in [9.17, 15) is 26.0 Å². The van der Waals surface area contributed by atoms with Crippen LogP contribution in [0.5, 0.6) is 5.75 Å². The second-order valence-electron chi connectivity index (χ2n) is 8.38. The molecule has 12 heteroatoms. The van der Waals surface area contributed by atoms with Gasteiger partial charge in [-0.3, -0.25) is 0 Å². The van der Waals surface area contributed by atoms with E-state index in [0.717, 1.165) is 0 Å². The molecule has 3 aliphatic rings. The van der Waals surface area contributed by atoms with E-state index in [4.69, 9.17) is 9.88 Å². The van der Waals surface area contributed by atoms with Crippen LogP contribution in [-0.4, -0.2) is 49.8 Å². The quantitative estimate of drug-likeness (QED) is 0.672. The third kappa shape index (κ3) is 3.58. The summed E-state index contributed by atoms with van der Waals surface area (Å²) in [6.45, 7) is 0.394. The molecule has 2 aliphatic heterocycles. The summed E-state index contributed by atoms with van der Waals surface area (Å²) in [6, 6.07) is 3.83. The van der Waals surface area contributed by atoms with Gasteiger partial charge >= 0.3 is 0 Å². The van der Waals surface area contributed by atoms with Crippen LogP contribution in [0.1, 0.15) is 35.6 Å². The Kier molecular flexibility index (Phi) is 4.86. The lowest BCUT2D eigenvalue weighted by Crippen LogP contribution is -2.53. The van der Waals surface area contributed by atoms with E-state index >= 15 is 0 Å². The maximum absolute atomic E-state index is 14.5. The summed E-state index contributed by atoms with van der Waals surface area (Å²) in [4.78, 5) is 9.67. The molecule has 1 aromatic carbocycles. The summed E-state index contributed by atoms with van der Waals surface area (Å²) < 4.78 is 84.1. The van der Waals surface area contributed by atoms with Gasteiger partial charge in [-0.25, -0.2) is 32.3 Å². The summed E-state index contributed by atoms with van der Waals surface area (Å²) in [5, 5.41) is 5.15. The van der Waals surface area contributed by atoms with Gasteiger partial charge in [0.15, 0.2) is 0 Å². The first kappa shape index (κ1) is 21.4. The number of benzene rings is 1. The summed E-state index contributed by atoms with van der Waals surface area (Å²) in [5.74, 6) is -3.59. The lowest BCUT2D eigenvalue weighted by Gasteiger charge is -2.40. The number of ether oxygens (including phenoxy) is 1. The van der Waals surface area contributed by atoms with Crippen LogP contribution in [0.4, 0.5) is 23.5 Å². The minimum Gasteiger partial charge on any atom is -0.493 e. The fourth-order valence-corrected chi connectivity index (χ4v) is 5.38. The molecule has 2 N–H and O–H groups in total. The van der Waals surface area contributed by atoms with Gasteiger partial charge in [-0.15, -0.1) is 0 Å². The topological polar surface area (TPSA) is 98.4 Å². The summed E-state index contributed by atoms with van der Waals surface area (Å²) in [6.07, 6.45) is -2.76. The lowest BCUT2D eigenvalue weighted by molar-refractivity contribution is -0.00600. The molecule has 2 atom stereocenters. The van der Waals surface area contributed by atoms with Crippen LogP contribution >= 0.6 is 0 Å². The number of alkyl halides is 4. The zero-order valence-electron chi connectivity index (χ0n) is 16.8. The Morgan fingerprint density at radius 1 is 1.28 bits per heavy atom. The Labute approximate surface area is 181 Å². The standard InChI is InChI=1S/C20H20F4N4O3S/c21-18(22)14-4-6-28(14)19-26-16(13-3-5-20(23,24)17(13)27-19)10-1-2-12-11(9-32(25,29)30)8-31-15(12)7-10/h1-2,7,11,14,18H,3-6,8-9H2,(H2,25,29,30)/t11-,14-/m1/s1. The van der Waals surface area contributed by atoms with Gasteiger partial charge < -0.3 is 9.64 Å². The lowest BCUT2D eigenvalue weighted by atomic mass is 9.98. The molecular formula is C20H20F4N4O3S. The molecule has 1 aromatic heterocycles. The van der Waals surface area contributed by atoms with Crippen molar-refractivity contribution in [3.8, 4) is 17.0 Å². The summed E-state index contributed by atoms with van der Waals surface area (Å²) >= 11 is 0. The van der Waals surface area contributed by atoms with Crippen molar-refractivity contribution in [1.82, 2.24) is 9.97 Å². The number of primary sulfonamides is 1. The zero-order valence-corrected chi connectivity index (χ0v) is 17.6. The highest BCUT2D eigenvalue weighted by Gasteiger charge is 2.45. The Hall–Kier alpha value is -2.47. The number of aromatic nitrogens is 2. The largest absolute Gasteiger partial charge is 0.493 e. The Morgan fingerprint density at radius 3 is 2.72 bits per heavy atom. The molecule has 0 unspecified atom stereocenters. The molecule has 0 amide bonds. The summed E-state index contributed by atoms with van der Waals surface area (Å²) in [7, 11) is -3.71. The molecule has 3 heterocycles. The third-order valence-corrected chi connectivity index (χ3v) is 7.11. The van der Waals surface area contributed by atoms with Crippen LogP contribution < -0.4 is 14.8 Å². The molecule has 1 fully saturated rings. The Bertz CT molecular complexity index is 1190. The van der Waals surface area contributed by atoms with Crippen molar-refractivity contribution in [3.05, 3.63) is 35.0 Å². The molecular weight excluding hydrogens is 452 g/mol. The average molecular weight is 472 g/mol. The van der Waals surface area contributed by atoms with Crippen molar-refractivity contribution < 1.29 is 30.7 Å². The Balaban J connectivity index is 1.57. The molecule has 0 radical (unpaired) electrons. The monoisotopic (exact) mass is 472 g/mol. The van der Waals surface area contributed by atoms with Crippen LogP contribution in [0.15, 0.2) is 18.2 Å². The van der Waals surface area contributed by atoms with Gasteiger partial charge in [0.05, 0.1) is 24.1 Å². The summed E-state index contributed by atoms with van der Waals surface area (Å²) in [5.41, 5.74) is 1.24. The number of halogens is 4. The first-order chi connectivity index (χ1) is 15.0. The van der Waals surface area contributed by atoms with E-state index < -0.39 is 46.4 Å². The molecule has 1 saturated heterocycles. The zero-order chi connectivity index (χ0) is 22.8. The molecule has 2 aromatic rings. The first-order valence-corrected chi connectivity index (χ1v) is 11.9. The fourth-order valence-electron chi connectivity index (χ4n) is 4.54. The highest BCUT2D eigenvalue weighted by molar-refractivity contribution is 7.89. The number of hydrogen-bond acceptors (Lipinski definition) is 6. The van der Waals surface area contributed by atoms with Crippen molar-refractivity contribution in [2.75, 3.05) is 23.8 Å². The van der Waals surface area contributed by atoms with Crippen LogP contribution in [0.2, 0.25) is 0 Å². The number of hydrogen-bond donors (Lipinski definition) is 1. The maximum Gasteiger partial charge on any atom is 0.290 e. The third-order valence-electron chi connectivity index (χ3n) is 6.24. The van der Waals surface area contributed by atoms with Crippen LogP contribution in [0.25, 0.3) is 11.3 Å². The van der Waals surface area contributed by atoms with Crippen LogP contribution in [0.3, 0.4) is 0 Å². The molecule has 7 nitrogen and oxygen atoms in total. The molecule has 0 bridgehead atoms. The minimum absolute atomic E-state index is 0.0577. The second kappa shape index (κ2) is 7.27. The fraction of sp³-hybridized carbons (Fsp3) is 0.500. The Morgan fingerprint density at radius 2 is 2.06 bits per heavy atom. The van der Waals surface area contributed by atoms with E-state index in [1.807, 2.05) is 0 Å². The van der Waals surface area contributed by atoms with Crippen molar-refractivity contribution in [2.24, 2.45) is 5.14 Å². The molecule has 172 valence electrons. The van der Waals surface area contributed by atoms with Crippen LogP contribution in [-0.2, 0) is 22.4 Å². The highest BCUT2D eigenvalue weighted by Crippen LogP contribution is 2.46. The van der Waals surface area contributed by atoms with Crippen LogP contribution in [0, 0.1) is 0 Å². The predicted molar refractivity (Wildman–Crippen MR) is 108 cm³/mol. The van der Waals surface area contributed by atoms with Gasteiger partial charge in [-0.05, 0) is 18.9 Å². The SMILES string of the molecule is NS(=O)(=O)C[C@H]1COc2cc(-c3nc(N4CC[C@@H]4C(F)F)nc4c3CCC4(F)F)ccc21. The van der Waals surface area contributed by atoms with E-state index in [0.29, 0.717) is 16.9 Å². The van der Waals surface area contributed by atoms with E-state index in [1.165, 1.54) is 4.90 Å². The molecule has 32 heavy (non-hydrogen) atoms. The number of fused-ring (bicyclic) bond motifs is 2. The number of sulfonamides is 1. The van der Waals surface area contributed by atoms with E-state index in [1.54, 1.807) is 18.2 Å². The van der Waals surface area contributed by atoms with Crippen molar-refractivity contribution >= 4 is 16.0 Å². The highest BCUT2D eigenvalue weighted by atomic mass is 32.2. The molecule has 0 saturated carbocycles. The molecule has 0 spiro atoms. The van der Waals surface area contributed by atoms with Gasteiger partial charge in [0, 0.05) is 35.6 Å². The van der Waals surface area contributed by atoms with Gasteiger partial charge in [0.1, 0.15) is 11.4 Å². The predicted octanol–water partition coefficient (Wildman–Crippen LogP) is 2.79.